The van der Waals surface area contributed by atoms with Gasteiger partial charge in [0.25, 0.3) is 0 Å². The monoisotopic (exact) mass is 448 g/mol. The molecular formula is C24H32O8. The van der Waals surface area contributed by atoms with Gasteiger partial charge in [-0.3, -0.25) is 0 Å². The first kappa shape index (κ1) is 23.8. The SMILES string of the molecule is COc1cc(OC)c([C@H]2[C@H](C)[C@@H](c3cc(OC)c(OC)cc3OC)O[C@@H]2CO)cc1OC. The van der Waals surface area contributed by atoms with E-state index >= 15 is 0 Å². The Morgan fingerprint density at radius 1 is 0.656 bits per heavy atom. The fraction of sp³-hybridized carbons (Fsp3) is 0.500. The predicted octanol–water partition coefficient (Wildman–Crippen LogP) is 3.59. The van der Waals surface area contributed by atoms with Crippen molar-refractivity contribution < 1.29 is 38.3 Å². The second-order valence-electron chi connectivity index (χ2n) is 7.56. The van der Waals surface area contributed by atoms with Crippen LogP contribution >= 0.6 is 0 Å². The van der Waals surface area contributed by atoms with Crippen LogP contribution in [0.1, 0.15) is 30.1 Å². The topological polar surface area (TPSA) is 84.8 Å². The molecule has 1 aliphatic heterocycles. The number of hydrogen-bond donors (Lipinski definition) is 1. The molecule has 32 heavy (non-hydrogen) atoms. The van der Waals surface area contributed by atoms with Crippen LogP contribution < -0.4 is 28.4 Å². The summed E-state index contributed by atoms with van der Waals surface area (Å²) >= 11 is 0. The first-order chi connectivity index (χ1) is 15.5. The van der Waals surface area contributed by atoms with Crippen molar-refractivity contribution in [3.63, 3.8) is 0 Å². The third-order valence-corrected chi connectivity index (χ3v) is 6.08. The summed E-state index contributed by atoms with van der Waals surface area (Å²) in [5.74, 6) is 3.35. The summed E-state index contributed by atoms with van der Waals surface area (Å²) in [7, 11) is 9.53. The highest BCUT2D eigenvalue weighted by Crippen LogP contribution is 2.53. The Hall–Kier alpha value is -2.84. The van der Waals surface area contributed by atoms with Crippen molar-refractivity contribution in [1.82, 2.24) is 0 Å². The van der Waals surface area contributed by atoms with E-state index in [1.165, 1.54) is 0 Å². The second-order valence-corrected chi connectivity index (χ2v) is 7.56. The smallest absolute Gasteiger partial charge is 0.164 e. The number of methoxy groups -OCH3 is 6. The minimum absolute atomic E-state index is 0.0360. The van der Waals surface area contributed by atoms with E-state index in [1.54, 1.807) is 54.8 Å². The lowest BCUT2D eigenvalue weighted by molar-refractivity contribution is 0.000938. The molecule has 8 heteroatoms. The van der Waals surface area contributed by atoms with Crippen molar-refractivity contribution in [2.75, 3.05) is 49.3 Å². The third kappa shape index (κ3) is 4.12. The van der Waals surface area contributed by atoms with Crippen molar-refractivity contribution in [2.45, 2.75) is 25.0 Å². The Bertz CT molecular complexity index is 929. The fourth-order valence-corrected chi connectivity index (χ4v) is 4.51. The number of benzene rings is 2. The van der Waals surface area contributed by atoms with Crippen LogP contribution in [0.5, 0.6) is 34.5 Å². The summed E-state index contributed by atoms with van der Waals surface area (Å²) < 4.78 is 39.5. The normalized spacial score (nSPS) is 22.4. The molecule has 0 radical (unpaired) electrons. The van der Waals surface area contributed by atoms with Gasteiger partial charge in [0.1, 0.15) is 11.5 Å². The molecule has 0 saturated carbocycles. The van der Waals surface area contributed by atoms with Crippen LogP contribution in [0.25, 0.3) is 0 Å². The molecule has 2 aromatic rings. The summed E-state index contributed by atoms with van der Waals surface area (Å²) in [4.78, 5) is 0. The molecule has 1 saturated heterocycles. The Morgan fingerprint density at radius 3 is 1.50 bits per heavy atom. The molecule has 8 nitrogen and oxygen atoms in total. The maximum absolute atomic E-state index is 10.2. The maximum atomic E-state index is 10.2. The van der Waals surface area contributed by atoms with Crippen molar-refractivity contribution in [1.29, 1.82) is 0 Å². The number of ether oxygens (including phenoxy) is 7. The summed E-state index contributed by atoms with van der Waals surface area (Å²) in [5.41, 5.74) is 1.69. The molecule has 1 N–H and O–H groups in total. The number of hydrogen-bond acceptors (Lipinski definition) is 8. The van der Waals surface area contributed by atoms with Gasteiger partial charge in [-0.15, -0.1) is 0 Å². The average molecular weight is 449 g/mol. The number of aliphatic hydroxyl groups excluding tert-OH is 1. The minimum Gasteiger partial charge on any atom is -0.496 e. The van der Waals surface area contributed by atoms with E-state index in [1.807, 2.05) is 12.1 Å². The Labute approximate surface area is 188 Å². The van der Waals surface area contributed by atoms with E-state index in [-0.39, 0.29) is 24.5 Å². The highest BCUT2D eigenvalue weighted by molar-refractivity contribution is 5.54. The van der Waals surface area contributed by atoms with Crippen molar-refractivity contribution in [3.8, 4) is 34.5 Å². The Morgan fingerprint density at radius 2 is 1.06 bits per heavy atom. The van der Waals surface area contributed by atoms with Crippen LogP contribution in [-0.4, -0.2) is 60.5 Å². The van der Waals surface area contributed by atoms with Gasteiger partial charge in [0.2, 0.25) is 0 Å². The van der Waals surface area contributed by atoms with Gasteiger partial charge in [0.05, 0.1) is 61.5 Å². The lowest BCUT2D eigenvalue weighted by atomic mass is 9.80. The Balaban J connectivity index is 2.10. The van der Waals surface area contributed by atoms with Crippen LogP contribution in [0.15, 0.2) is 24.3 Å². The van der Waals surface area contributed by atoms with Crippen molar-refractivity contribution in [3.05, 3.63) is 35.4 Å². The van der Waals surface area contributed by atoms with E-state index in [0.29, 0.717) is 34.5 Å². The fourth-order valence-electron chi connectivity index (χ4n) is 4.51. The van der Waals surface area contributed by atoms with E-state index in [2.05, 4.69) is 6.92 Å². The van der Waals surface area contributed by atoms with Crippen LogP contribution in [0.4, 0.5) is 0 Å². The largest absolute Gasteiger partial charge is 0.496 e. The molecular weight excluding hydrogens is 416 g/mol. The van der Waals surface area contributed by atoms with Gasteiger partial charge < -0.3 is 38.3 Å². The van der Waals surface area contributed by atoms with Crippen molar-refractivity contribution >= 4 is 0 Å². The molecule has 2 aromatic carbocycles. The molecule has 176 valence electrons. The summed E-state index contributed by atoms with van der Waals surface area (Å²) in [6.07, 6.45) is -0.815. The van der Waals surface area contributed by atoms with Gasteiger partial charge in [-0.1, -0.05) is 6.92 Å². The van der Waals surface area contributed by atoms with E-state index in [0.717, 1.165) is 11.1 Å². The molecule has 1 heterocycles. The average Bonchev–Trinajstić information content (AvgIpc) is 3.17. The molecule has 1 fully saturated rings. The molecule has 4 atom stereocenters. The molecule has 0 amide bonds. The summed E-state index contributed by atoms with van der Waals surface area (Å²) in [6, 6.07) is 7.32. The second kappa shape index (κ2) is 10.2. The zero-order valence-corrected chi connectivity index (χ0v) is 19.6. The van der Waals surface area contributed by atoms with Gasteiger partial charge in [-0.2, -0.15) is 0 Å². The molecule has 0 aliphatic carbocycles. The highest BCUT2D eigenvalue weighted by Gasteiger charge is 2.45. The standard InChI is InChI=1S/C24H32O8/c1-13-23(14-8-18(28-4)20(30-6)10-16(14)26-2)22(12-25)32-24(13)15-9-19(29-5)21(31-7)11-17(15)27-3/h8-11,13,22-25H,12H2,1-7H3/t13-,22+,23+,24-/m0/s1. The van der Waals surface area contributed by atoms with Gasteiger partial charge in [-0.25, -0.2) is 0 Å². The van der Waals surface area contributed by atoms with Crippen LogP contribution in [0.2, 0.25) is 0 Å². The van der Waals surface area contributed by atoms with Crippen molar-refractivity contribution in [2.24, 2.45) is 5.92 Å². The zero-order valence-electron chi connectivity index (χ0n) is 19.6. The molecule has 0 bridgehead atoms. The molecule has 3 rings (SSSR count). The first-order valence-electron chi connectivity index (χ1n) is 10.3. The van der Waals surface area contributed by atoms with Crippen LogP contribution in [0, 0.1) is 5.92 Å². The van der Waals surface area contributed by atoms with Crippen LogP contribution in [0.3, 0.4) is 0 Å². The van der Waals surface area contributed by atoms with E-state index < -0.39 is 6.10 Å². The van der Waals surface area contributed by atoms with Gasteiger partial charge >= 0.3 is 0 Å². The van der Waals surface area contributed by atoms with E-state index in [4.69, 9.17) is 33.2 Å². The van der Waals surface area contributed by atoms with Crippen LogP contribution in [-0.2, 0) is 4.74 Å². The van der Waals surface area contributed by atoms with E-state index in [9.17, 15) is 5.11 Å². The number of rotatable bonds is 9. The molecule has 0 spiro atoms. The van der Waals surface area contributed by atoms with Gasteiger partial charge in [-0.05, 0) is 18.1 Å². The van der Waals surface area contributed by atoms with Gasteiger partial charge in [0, 0.05) is 29.2 Å². The lowest BCUT2D eigenvalue weighted by Crippen LogP contribution is -2.21. The quantitative estimate of drug-likeness (QED) is 0.623. The molecule has 0 unspecified atom stereocenters. The maximum Gasteiger partial charge on any atom is 0.164 e. The number of aliphatic hydroxyl groups is 1. The Kier molecular flexibility index (Phi) is 7.58. The van der Waals surface area contributed by atoms with Gasteiger partial charge in [0.15, 0.2) is 23.0 Å². The predicted molar refractivity (Wildman–Crippen MR) is 119 cm³/mol. The molecule has 1 aliphatic rings. The molecule has 0 aromatic heterocycles. The highest BCUT2D eigenvalue weighted by atomic mass is 16.5. The summed E-state index contributed by atoms with van der Waals surface area (Å²) in [5, 5.41) is 10.2. The minimum atomic E-state index is -0.459. The lowest BCUT2D eigenvalue weighted by Gasteiger charge is -2.24. The zero-order chi connectivity index (χ0) is 23.4. The summed E-state index contributed by atoms with van der Waals surface area (Å²) in [6.45, 7) is 1.93. The third-order valence-electron chi connectivity index (χ3n) is 6.08. The first-order valence-corrected chi connectivity index (χ1v) is 10.3.